The van der Waals surface area contributed by atoms with Crippen LogP contribution in [0.3, 0.4) is 0 Å². The summed E-state index contributed by atoms with van der Waals surface area (Å²) in [4.78, 5) is 36.1. The number of hydrogen-bond donors (Lipinski definition) is 3. The fourth-order valence-electron chi connectivity index (χ4n) is 3.70. The van der Waals surface area contributed by atoms with Crippen LogP contribution in [0.15, 0.2) is 24.3 Å². The number of nitrogens with one attached hydrogen (secondary N) is 3. The summed E-state index contributed by atoms with van der Waals surface area (Å²) in [6, 6.07) is 5.52. The number of carbonyl (C=O) groups excluding carboxylic acids is 2. The highest BCUT2D eigenvalue weighted by molar-refractivity contribution is 5.85. The molecule has 1 aromatic carbocycles. The number of nitro groups is 1. The number of piperidine rings is 1. The van der Waals surface area contributed by atoms with E-state index in [0.29, 0.717) is 5.41 Å². The number of non-ortho nitro benzene ring substituents is 1. The van der Waals surface area contributed by atoms with Crippen molar-refractivity contribution in [3.05, 3.63) is 39.9 Å². The van der Waals surface area contributed by atoms with E-state index in [1.807, 2.05) is 4.90 Å². The van der Waals surface area contributed by atoms with E-state index in [-0.39, 0.29) is 37.1 Å². The minimum Gasteiger partial charge on any atom is -0.341 e. The largest absolute Gasteiger partial charge is 0.341 e. The lowest BCUT2D eigenvalue weighted by atomic mass is 9.78. The Morgan fingerprint density at radius 3 is 2.39 bits per heavy atom. The standard InChI is InChI=1S/C18H25N5O4.ClH/c24-16(22-9-6-18(7-10-22)5-8-19-13-18)12-21-17(25)20-11-14-1-3-15(4-2-14)23(26)27;/h1-4,19H,5-13H2,(H2,20,21,25);1H. The summed E-state index contributed by atoms with van der Waals surface area (Å²) >= 11 is 0. The maximum atomic E-state index is 12.3. The van der Waals surface area contributed by atoms with Gasteiger partial charge in [-0.3, -0.25) is 14.9 Å². The minimum atomic E-state index is -0.471. The third kappa shape index (κ3) is 5.56. The average Bonchev–Trinajstić information content (AvgIpc) is 3.13. The van der Waals surface area contributed by atoms with Gasteiger partial charge in [0.2, 0.25) is 5.91 Å². The molecule has 2 fully saturated rings. The lowest BCUT2D eigenvalue weighted by Gasteiger charge is -2.38. The van der Waals surface area contributed by atoms with Crippen molar-refractivity contribution >= 4 is 30.0 Å². The highest BCUT2D eigenvalue weighted by Crippen LogP contribution is 2.36. The summed E-state index contributed by atoms with van der Waals surface area (Å²) in [5, 5.41) is 19.2. The van der Waals surface area contributed by atoms with Gasteiger partial charge in [0.05, 0.1) is 11.5 Å². The number of hydrogen-bond acceptors (Lipinski definition) is 5. The van der Waals surface area contributed by atoms with E-state index in [0.717, 1.165) is 44.6 Å². The fraction of sp³-hybridized carbons (Fsp3) is 0.556. The van der Waals surface area contributed by atoms with Crippen LogP contribution in [0, 0.1) is 15.5 Å². The lowest BCUT2D eigenvalue weighted by molar-refractivity contribution is -0.384. The van der Waals surface area contributed by atoms with Crippen LogP contribution in [0.1, 0.15) is 24.8 Å². The highest BCUT2D eigenvalue weighted by Gasteiger charge is 2.37. The van der Waals surface area contributed by atoms with E-state index in [4.69, 9.17) is 0 Å². The Balaban J connectivity index is 0.00000280. The van der Waals surface area contributed by atoms with Gasteiger partial charge in [0.1, 0.15) is 0 Å². The average molecular weight is 412 g/mol. The molecule has 3 rings (SSSR count). The van der Waals surface area contributed by atoms with Crippen molar-refractivity contribution in [2.45, 2.75) is 25.8 Å². The van der Waals surface area contributed by atoms with Gasteiger partial charge in [0.25, 0.3) is 5.69 Å². The zero-order valence-corrected chi connectivity index (χ0v) is 16.4. The van der Waals surface area contributed by atoms with Crippen LogP contribution in [-0.4, -0.2) is 54.5 Å². The van der Waals surface area contributed by atoms with Crippen molar-refractivity contribution in [1.29, 1.82) is 0 Å². The molecule has 0 unspecified atom stereocenters. The smallest absolute Gasteiger partial charge is 0.315 e. The predicted molar refractivity (Wildman–Crippen MR) is 106 cm³/mol. The molecule has 3 amide bonds. The quantitative estimate of drug-likeness (QED) is 0.500. The highest BCUT2D eigenvalue weighted by atomic mass is 35.5. The van der Waals surface area contributed by atoms with Crippen LogP contribution in [0.2, 0.25) is 0 Å². The van der Waals surface area contributed by atoms with Gasteiger partial charge in [-0.25, -0.2) is 4.79 Å². The van der Waals surface area contributed by atoms with Gasteiger partial charge in [0, 0.05) is 38.3 Å². The molecule has 1 spiro atoms. The second-order valence-electron chi connectivity index (χ2n) is 7.27. The molecule has 2 aliphatic rings. The molecular weight excluding hydrogens is 386 g/mol. The molecule has 9 nitrogen and oxygen atoms in total. The van der Waals surface area contributed by atoms with E-state index in [1.54, 1.807) is 12.1 Å². The Morgan fingerprint density at radius 1 is 1.14 bits per heavy atom. The molecule has 154 valence electrons. The number of carbonyl (C=O) groups is 2. The topological polar surface area (TPSA) is 117 Å². The maximum absolute atomic E-state index is 12.3. The summed E-state index contributed by atoms with van der Waals surface area (Å²) in [6.45, 7) is 3.79. The second-order valence-corrected chi connectivity index (χ2v) is 7.27. The van der Waals surface area contributed by atoms with Crippen LogP contribution < -0.4 is 16.0 Å². The fourth-order valence-corrected chi connectivity index (χ4v) is 3.70. The van der Waals surface area contributed by atoms with Crippen LogP contribution in [0.25, 0.3) is 0 Å². The van der Waals surface area contributed by atoms with Gasteiger partial charge < -0.3 is 20.9 Å². The molecule has 1 aromatic rings. The van der Waals surface area contributed by atoms with Gasteiger partial charge in [-0.05, 0) is 36.8 Å². The summed E-state index contributed by atoms with van der Waals surface area (Å²) in [7, 11) is 0. The molecule has 0 radical (unpaired) electrons. The number of likely N-dealkylation sites (tertiary alicyclic amines) is 1. The van der Waals surface area contributed by atoms with Crippen molar-refractivity contribution in [2.24, 2.45) is 5.41 Å². The first kappa shape index (κ1) is 21.9. The number of nitro benzene ring substituents is 1. The van der Waals surface area contributed by atoms with Crippen LogP contribution in [0.4, 0.5) is 10.5 Å². The zero-order chi connectivity index (χ0) is 19.3. The molecule has 2 aliphatic heterocycles. The number of amides is 3. The zero-order valence-electron chi connectivity index (χ0n) is 15.6. The number of halogens is 1. The van der Waals surface area contributed by atoms with Crippen molar-refractivity contribution in [2.75, 3.05) is 32.7 Å². The number of nitrogens with zero attached hydrogens (tertiary/aromatic N) is 2. The Bertz CT molecular complexity index is 696. The van der Waals surface area contributed by atoms with Crippen molar-refractivity contribution in [3.8, 4) is 0 Å². The number of rotatable bonds is 5. The maximum Gasteiger partial charge on any atom is 0.315 e. The molecule has 3 N–H and O–H groups in total. The van der Waals surface area contributed by atoms with E-state index >= 15 is 0 Å². The van der Waals surface area contributed by atoms with Crippen LogP contribution >= 0.6 is 12.4 Å². The monoisotopic (exact) mass is 411 g/mol. The van der Waals surface area contributed by atoms with Gasteiger partial charge in [-0.15, -0.1) is 12.4 Å². The first-order valence-corrected chi connectivity index (χ1v) is 9.21. The normalized spacial score (nSPS) is 17.6. The Labute approximate surface area is 169 Å². The third-order valence-electron chi connectivity index (χ3n) is 5.51. The SMILES string of the molecule is Cl.O=C(NCC(=O)N1CCC2(CCNC2)CC1)NCc1ccc([N+](=O)[O-])cc1. The van der Waals surface area contributed by atoms with Gasteiger partial charge >= 0.3 is 6.03 Å². The van der Waals surface area contributed by atoms with Crippen LogP contribution in [0.5, 0.6) is 0 Å². The minimum absolute atomic E-state index is 0. The van der Waals surface area contributed by atoms with E-state index < -0.39 is 11.0 Å². The summed E-state index contributed by atoms with van der Waals surface area (Å²) in [5.41, 5.74) is 1.10. The molecule has 0 aromatic heterocycles. The Hall–Kier alpha value is -2.39. The van der Waals surface area contributed by atoms with Gasteiger partial charge in [-0.1, -0.05) is 12.1 Å². The molecular formula is C18H26ClN5O4. The molecule has 28 heavy (non-hydrogen) atoms. The molecule has 0 bridgehead atoms. The van der Waals surface area contributed by atoms with E-state index in [1.165, 1.54) is 18.6 Å². The summed E-state index contributed by atoms with van der Waals surface area (Å²) < 4.78 is 0. The van der Waals surface area contributed by atoms with Gasteiger partial charge in [0.15, 0.2) is 0 Å². The summed E-state index contributed by atoms with van der Waals surface area (Å²) in [6.07, 6.45) is 3.20. The molecule has 0 atom stereocenters. The predicted octanol–water partition coefficient (Wildman–Crippen LogP) is 1.42. The summed E-state index contributed by atoms with van der Waals surface area (Å²) in [5.74, 6) is -0.0682. The van der Waals surface area contributed by atoms with E-state index in [2.05, 4.69) is 16.0 Å². The molecule has 0 saturated carbocycles. The van der Waals surface area contributed by atoms with Crippen molar-refractivity contribution < 1.29 is 14.5 Å². The molecule has 2 saturated heterocycles. The molecule has 2 heterocycles. The Morgan fingerprint density at radius 2 is 1.82 bits per heavy atom. The third-order valence-corrected chi connectivity index (χ3v) is 5.51. The Kier molecular flexibility index (Phi) is 7.59. The molecule has 0 aliphatic carbocycles. The second kappa shape index (κ2) is 9.70. The number of benzene rings is 1. The molecule has 10 heteroatoms. The van der Waals surface area contributed by atoms with Crippen LogP contribution in [-0.2, 0) is 11.3 Å². The van der Waals surface area contributed by atoms with Crippen molar-refractivity contribution in [3.63, 3.8) is 0 Å². The first-order valence-electron chi connectivity index (χ1n) is 9.21. The van der Waals surface area contributed by atoms with Crippen molar-refractivity contribution in [1.82, 2.24) is 20.9 Å². The first-order chi connectivity index (χ1) is 13.0. The number of urea groups is 1. The van der Waals surface area contributed by atoms with Gasteiger partial charge in [-0.2, -0.15) is 0 Å². The van der Waals surface area contributed by atoms with E-state index in [9.17, 15) is 19.7 Å². The lowest BCUT2D eigenvalue weighted by Crippen LogP contribution is -2.48.